The molecule has 1 heterocycles. The van der Waals surface area contributed by atoms with Gasteiger partial charge in [0.15, 0.2) is 5.79 Å². The molecule has 0 aromatic carbocycles. The lowest BCUT2D eigenvalue weighted by atomic mass is 9.94. The summed E-state index contributed by atoms with van der Waals surface area (Å²) in [6.07, 6.45) is -0.768. The lowest BCUT2D eigenvalue weighted by Gasteiger charge is -2.34. The summed E-state index contributed by atoms with van der Waals surface area (Å²) in [5.74, 6) is -1.14. The predicted octanol–water partition coefficient (Wildman–Crippen LogP) is 1.38. The molecule has 1 saturated heterocycles. The number of carbonyl (C=O) groups is 1. The van der Waals surface area contributed by atoms with Crippen LogP contribution in [0.1, 0.15) is 34.6 Å². The molecule has 1 aliphatic heterocycles. The molecule has 1 rings (SSSR count). The molecule has 0 spiro atoms. The van der Waals surface area contributed by atoms with Gasteiger partial charge < -0.3 is 24.7 Å². The van der Waals surface area contributed by atoms with Crippen molar-refractivity contribution in [2.45, 2.75) is 64.3 Å². The maximum atomic E-state index is 11.5. The number of hydrogen-bond donors (Lipinski definition) is 1. The number of nitrogens with two attached hydrogens (primary N) is 1. The molecule has 1 aliphatic rings. The molecule has 0 aromatic rings. The highest BCUT2D eigenvalue weighted by atomic mass is 16.7. The van der Waals surface area contributed by atoms with E-state index in [2.05, 4.69) is 11.3 Å². The lowest BCUT2D eigenvalue weighted by Crippen LogP contribution is -2.47. The van der Waals surface area contributed by atoms with Crippen LogP contribution in [0, 0.1) is 0 Å². The first-order valence-electron chi connectivity index (χ1n) is 7.02. The first-order valence-corrected chi connectivity index (χ1v) is 7.02. The minimum Gasteiger partial charge on any atom is -0.468 e. The molecule has 0 amide bonds. The van der Waals surface area contributed by atoms with Crippen molar-refractivity contribution < 1.29 is 23.7 Å². The highest BCUT2D eigenvalue weighted by Crippen LogP contribution is 2.33. The molecule has 0 aromatic heterocycles. The van der Waals surface area contributed by atoms with Gasteiger partial charge in [-0.25, -0.2) is 0 Å². The van der Waals surface area contributed by atoms with E-state index in [1.165, 1.54) is 7.11 Å². The van der Waals surface area contributed by atoms with Crippen LogP contribution < -0.4 is 5.73 Å². The molecule has 0 radical (unpaired) electrons. The van der Waals surface area contributed by atoms with Crippen LogP contribution in [-0.2, 0) is 23.7 Å². The zero-order valence-corrected chi connectivity index (χ0v) is 13.8. The summed E-state index contributed by atoms with van der Waals surface area (Å²) in [5, 5.41) is 0. The van der Waals surface area contributed by atoms with Gasteiger partial charge in [0.25, 0.3) is 0 Å². The minimum absolute atomic E-state index is 0.253. The number of carbonyl (C=O) groups excluding carboxylic acids is 1. The number of rotatable bonds is 6. The Balaban J connectivity index is 2.68. The first kappa shape index (κ1) is 18.1. The van der Waals surface area contributed by atoms with E-state index < -0.39 is 29.5 Å². The molecule has 1 fully saturated rings. The van der Waals surface area contributed by atoms with Crippen LogP contribution >= 0.6 is 0 Å². The summed E-state index contributed by atoms with van der Waals surface area (Å²) < 4.78 is 21.9. The second-order valence-corrected chi connectivity index (χ2v) is 6.22. The van der Waals surface area contributed by atoms with Gasteiger partial charge in [-0.05, 0) is 40.2 Å². The fourth-order valence-electron chi connectivity index (χ4n) is 2.19. The summed E-state index contributed by atoms with van der Waals surface area (Å²) in [6, 6.07) is -0.848. The molecule has 3 atom stereocenters. The molecule has 0 saturated carbocycles. The van der Waals surface area contributed by atoms with Crippen molar-refractivity contribution in [3.8, 4) is 0 Å². The number of hydrogen-bond acceptors (Lipinski definition) is 6. The Kier molecular flexibility index (Phi) is 5.55. The first-order chi connectivity index (χ1) is 9.50. The van der Waals surface area contributed by atoms with Crippen molar-refractivity contribution in [3.05, 3.63) is 12.2 Å². The molecule has 0 unspecified atom stereocenters. The third-order valence-electron chi connectivity index (χ3n) is 3.63. The number of esters is 1. The largest absolute Gasteiger partial charge is 0.468 e. The van der Waals surface area contributed by atoms with E-state index in [9.17, 15) is 4.79 Å². The van der Waals surface area contributed by atoms with Crippen molar-refractivity contribution in [1.29, 1.82) is 0 Å². The van der Waals surface area contributed by atoms with E-state index in [0.717, 1.165) is 5.57 Å². The SMILES string of the molecule is C=C([C@H]1COC(C)(C)O1)C(C)(C)O[C@@H](C)[C@H](N)C(=O)OC. The Labute approximate surface area is 126 Å². The van der Waals surface area contributed by atoms with Crippen LogP contribution in [0.15, 0.2) is 12.2 Å². The zero-order chi connectivity index (χ0) is 16.4. The quantitative estimate of drug-likeness (QED) is 0.590. The van der Waals surface area contributed by atoms with Gasteiger partial charge in [-0.1, -0.05) is 6.58 Å². The van der Waals surface area contributed by atoms with Crippen molar-refractivity contribution >= 4 is 5.97 Å². The van der Waals surface area contributed by atoms with Gasteiger partial charge in [0.1, 0.15) is 12.1 Å². The summed E-state index contributed by atoms with van der Waals surface area (Å²) in [5.41, 5.74) is 5.83. The highest BCUT2D eigenvalue weighted by molar-refractivity contribution is 5.76. The maximum absolute atomic E-state index is 11.5. The minimum atomic E-state index is -0.848. The number of methoxy groups -OCH3 is 1. The van der Waals surface area contributed by atoms with E-state index in [4.69, 9.17) is 19.9 Å². The Bertz CT molecular complexity index is 405. The van der Waals surface area contributed by atoms with Gasteiger partial charge in [0, 0.05) is 0 Å². The van der Waals surface area contributed by atoms with Crippen LogP contribution in [0.3, 0.4) is 0 Å². The normalized spacial score (nSPS) is 24.4. The van der Waals surface area contributed by atoms with E-state index in [1.54, 1.807) is 6.92 Å². The summed E-state index contributed by atoms with van der Waals surface area (Å²) in [7, 11) is 1.30. The van der Waals surface area contributed by atoms with Crippen molar-refractivity contribution in [2.24, 2.45) is 5.73 Å². The van der Waals surface area contributed by atoms with Crippen molar-refractivity contribution in [1.82, 2.24) is 0 Å². The van der Waals surface area contributed by atoms with E-state index in [1.807, 2.05) is 27.7 Å². The fraction of sp³-hybridized carbons (Fsp3) is 0.800. The van der Waals surface area contributed by atoms with Crippen molar-refractivity contribution in [2.75, 3.05) is 13.7 Å². The summed E-state index contributed by atoms with van der Waals surface area (Å²) in [4.78, 5) is 11.5. The second-order valence-electron chi connectivity index (χ2n) is 6.22. The molecule has 2 N–H and O–H groups in total. The van der Waals surface area contributed by atoms with Crippen LogP contribution in [0.25, 0.3) is 0 Å². The van der Waals surface area contributed by atoms with Crippen LogP contribution in [0.4, 0.5) is 0 Å². The van der Waals surface area contributed by atoms with E-state index in [-0.39, 0.29) is 6.10 Å². The van der Waals surface area contributed by atoms with Gasteiger partial charge in [-0.3, -0.25) is 4.79 Å². The average molecular weight is 301 g/mol. The smallest absolute Gasteiger partial charge is 0.325 e. The molecule has 6 nitrogen and oxygen atoms in total. The Morgan fingerprint density at radius 2 is 2.05 bits per heavy atom. The van der Waals surface area contributed by atoms with Crippen molar-refractivity contribution in [3.63, 3.8) is 0 Å². The molecule has 21 heavy (non-hydrogen) atoms. The van der Waals surface area contributed by atoms with E-state index in [0.29, 0.717) is 6.61 Å². The molecular weight excluding hydrogens is 274 g/mol. The monoisotopic (exact) mass is 301 g/mol. The summed E-state index contributed by atoms with van der Waals surface area (Å²) >= 11 is 0. The van der Waals surface area contributed by atoms with Gasteiger partial charge in [-0.15, -0.1) is 0 Å². The maximum Gasteiger partial charge on any atom is 0.325 e. The Hall–Kier alpha value is -0.950. The molecule has 122 valence electrons. The Morgan fingerprint density at radius 3 is 2.48 bits per heavy atom. The van der Waals surface area contributed by atoms with Gasteiger partial charge >= 0.3 is 5.97 Å². The molecule has 0 aliphatic carbocycles. The third-order valence-corrected chi connectivity index (χ3v) is 3.63. The second kappa shape index (κ2) is 6.44. The summed E-state index contributed by atoms with van der Waals surface area (Å²) in [6.45, 7) is 13.7. The van der Waals surface area contributed by atoms with Crippen LogP contribution in [-0.4, -0.2) is 49.3 Å². The Morgan fingerprint density at radius 1 is 1.48 bits per heavy atom. The number of ether oxygens (including phenoxy) is 4. The topological polar surface area (TPSA) is 80.0 Å². The zero-order valence-electron chi connectivity index (χ0n) is 13.8. The third kappa shape index (κ3) is 4.51. The van der Waals surface area contributed by atoms with Gasteiger partial charge in [0.05, 0.1) is 25.4 Å². The van der Waals surface area contributed by atoms with Gasteiger partial charge in [-0.2, -0.15) is 0 Å². The standard InChI is InChI=1S/C15H27NO5/c1-9(11-8-19-15(5,6)21-11)14(3,4)20-10(2)12(16)13(17)18-7/h10-12H,1,8,16H2,2-7H3/t10-,11+,12-/m0/s1. The predicted molar refractivity (Wildman–Crippen MR) is 78.7 cm³/mol. The van der Waals surface area contributed by atoms with Crippen LogP contribution in [0.5, 0.6) is 0 Å². The fourth-order valence-corrected chi connectivity index (χ4v) is 2.19. The van der Waals surface area contributed by atoms with Gasteiger partial charge in [0.2, 0.25) is 0 Å². The molecule has 0 bridgehead atoms. The average Bonchev–Trinajstić information content (AvgIpc) is 2.75. The molecular formula is C15H27NO5. The lowest BCUT2D eigenvalue weighted by molar-refractivity contribution is -0.150. The van der Waals surface area contributed by atoms with Crippen LogP contribution in [0.2, 0.25) is 0 Å². The highest BCUT2D eigenvalue weighted by Gasteiger charge is 2.40. The molecule has 6 heteroatoms. The van der Waals surface area contributed by atoms with E-state index >= 15 is 0 Å².